The predicted molar refractivity (Wildman–Crippen MR) is 136 cm³/mol. The van der Waals surface area contributed by atoms with E-state index in [1.807, 2.05) is 36.4 Å². The van der Waals surface area contributed by atoms with Gasteiger partial charge in [0.25, 0.3) is 0 Å². The molecule has 2 aromatic rings. The van der Waals surface area contributed by atoms with Crippen LogP contribution in [0, 0.1) is 0 Å². The lowest BCUT2D eigenvalue weighted by molar-refractivity contribution is -0.159. The quantitative estimate of drug-likeness (QED) is 0.315. The van der Waals surface area contributed by atoms with Crippen molar-refractivity contribution in [2.24, 2.45) is 0 Å². The van der Waals surface area contributed by atoms with Crippen LogP contribution in [-0.4, -0.2) is 106 Å². The van der Waals surface area contributed by atoms with Crippen LogP contribution in [0.15, 0.2) is 42.5 Å². The maximum Gasteiger partial charge on any atom is 0.414 e. The summed E-state index contributed by atoms with van der Waals surface area (Å²) in [5, 5.41) is 14.8. The van der Waals surface area contributed by atoms with E-state index in [9.17, 15) is 0 Å². The summed E-state index contributed by atoms with van der Waals surface area (Å²) in [6, 6.07) is 13.8. The highest BCUT2D eigenvalue weighted by Crippen LogP contribution is 2.40. The van der Waals surface area contributed by atoms with Crippen LogP contribution in [0.1, 0.15) is 5.56 Å². The highest BCUT2D eigenvalue weighted by molar-refractivity contribution is 6.27. The van der Waals surface area contributed by atoms with Crippen LogP contribution in [0.25, 0.3) is 0 Å². The molecule has 204 valence electrons. The Kier molecular flexibility index (Phi) is 13.0. The summed E-state index contributed by atoms with van der Waals surface area (Å²) in [5.41, 5.74) is 1.11. The van der Waals surface area contributed by atoms with Crippen molar-refractivity contribution in [3.63, 3.8) is 0 Å². The number of piperazine rings is 1. The van der Waals surface area contributed by atoms with E-state index < -0.39 is 11.9 Å². The molecule has 3 rings (SSSR count). The first-order chi connectivity index (χ1) is 17.9. The second-order valence-electron chi connectivity index (χ2n) is 8.00. The van der Waals surface area contributed by atoms with Gasteiger partial charge in [-0.2, -0.15) is 0 Å². The molecular weight excluding hydrogens is 484 g/mol. The number of para-hydroxylation sites is 1. The molecule has 0 aliphatic carbocycles. The van der Waals surface area contributed by atoms with Gasteiger partial charge in [-0.25, -0.2) is 9.59 Å². The maximum absolute atomic E-state index is 9.10. The van der Waals surface area contributed by atoms with E-state index in [2.05, 4.69) is 15.9 Å². The van der Waals surface area contributed by atoms with Crippen LogP contribution in [0.3, 0.4) is 0 Å². The number of methoxy groups -OCH3 is 3. The average molecular weight is 521 g/mol. The van der Waals surface area contributed by atoms with Crippen LogP contribution >= 0.6 is 0 Å². The number of carbonyl (C=O) groups is 2. The fourth-order valence-corrected chi connectivity index (χ4v) is 3.73. The van der Waals surface area contributed by atoms with E-state index in [1.54, 1.807) is 21.3 Å². The number of carboxylic acids is 2. The van der Waals surface area contributed by atoms with Gasteiger partial charge in [-0.05, 0) is 18.2 Å². The van der Waals surface area contributed by atoms with Crippen molar-refractivity contribution in [3.8, 4) is 23.0 Å². The molecule has 0 unspecified atom stereocenters. The van der Waals surface area contributed by atoms with Gasteiger partial charge in [0.15, 0.2) is 11.5 Å². The summed E-state index contributed by atoms with van der Waals surface area (Å²) < 4.78 is 27.9. The third kappa shape index (κ3) is 10.2. The zero-order valence-corrected chi connectivity index (χ0v) is 21.6. The van der Waals surface area contributed by atoms with Gasteiger partial charge in [-0.15, -0.1) is 0 Å². The van der Waals surface area contributed by atoms with Crippen molar-refractivity contribution >= 4 is 11.9 Å². The fraction of sp³-hybridized carbons (Fsp3) is 0.462. The Morgan fingerprint density at radius 3 is 1.95 bits per heavy atom. The maximum atomic E-state index is 9.10. The average Bonchev–Trinajstić information content (AvgIpc) is 2.92. The Morgan fingerprint density at radius 2 is 1.38 bits per heavy atom. The number of aliphatic carboxylic acids is 2. The van der Waals surface area contributed by atoms with E-state index in [4.69, 9.17) is 43.5 Å². The molecular formula is C26H36N2O9. The highest BCUT2D eigenvalue weighted by atomic mass is 16.5. The van der Waals surface area contributed by atoms with E-state index in [0.29, 0.717) is 24.7 Å². The number of hydrogen-bond acceptors (Lipinski definition) is 9. The first-order valence-electron chi connectivity index (χ1n) is 11.8. The molecule has 1 heterocycles. The van der Waals surface area contributed by atoms with Gasteiger partial charge in [0.05, 0.1) is 34.5 Å². The second-order valence-corrected chi connectivity index (χ2v) is 8.00. The zero-order valence-electron chi connectivity index (χ0n) is 21.6. The molecule has 0 amide bonds. The molecule has 0 atom stereocenters. The number of benzene rings is 2. The van der Waals surface area contributed by atoms with E-state index in [1.165, 1.54) is 0 Å². The van der Waals surface area contributed by atoms with Gasteiger partial charge in [-0.1, -0.05) is 24.3 Å². The van der Waals surface area contributed by atoms with Gasteiger partial charge >= 0.3 is 11.9 Å². The summed E-state index contributed by atoms with van der Waals surface area (Å²) in [6.45, 7) is 7.74. The first kappa shape index (κ1) is 29.7. The predicted octanol–water partition coefficient (Wildman–Crippen LogP) is 2.08. The van der Waals surface area contributed by atoms with Gasteiger partial charge in [0, 0.05) is 44.8 Å². The minimum Gasteiger partial charge on any atom is -0.493 e. The fourth-order valence-electron chi connectivity index (χ4n) is 3.73. The van der Waals surface area contributed by atoms with Crippen molar-refractivity contribution in [2.45, 2.75) is 6.54 Å². The highest BCUT2D eigenvalue weighted by Gasteiger charge is 2.21. The molecule has 0 spiro atoms. The minimum atomic E-state index is -1.82. The van der Waals surface area contributed by atoms with E-state index >= 15 is 0 Å². The van der Waals surface area contributed by atoms with Gasteiger partial charge in [0.1, 0.15) is 12.4 Å². The molecule has 0 radical (unpaired) electrons. The molecule has 0 aromatic heterocycles. The summed E-state index contributed by atoms with van der Waals surface area (Å²) in [4.78, 5) is 23.1. The summed E-state index contributed by atoms with van der Waals surface area (Å²) in [6.07, 6.45) is 0. The smallest absolute Gasteiger partial charge is 0.414 e. The molecule has 0 saturated carbocycles. The zero-order chi connectivity index (χ0) is 27.0. The first-order valence-corrected chi connectivity index (χ1v) is 11.8. The molecule has 1 saturated heterocycles. The lowest BCUT2D eigenvalue weighted by Crippen LogP contribution is -2.46. The number of hydrogen-bond donors (Lipinski definition) is 2. The summed E-state index contributed by atoms with van der Waals surface area (Å²) in [7, 11) is 4.94. The van der Waals surface area contributed by atoms with Crippen molar-refractivity contribution in [1.82, 2.24) is 9.80 Å². The molecule has 11 heteroatoms. The summed E-state index contributed by atoms with van der Waals surface area (Å²) >= 11 is 0. The molecule has 0 bridgehead atoms. The third-order valence-corrected chi connectivity index (χ3v) is 5.62. The van der Waals surface area contributed by atoms with E-state index in [-0.39, 0.29) is 0 Å². The Morgan fingerprint density at radius 1 is 0.757 bits per heavy atom. The largest absolute Gasteiger partial charge is 0.493 e. The molecule has 1 aliphatic rings. The van der Waals surface area contributed by atoms with Crippen molar-refractivity contribution in [1.29, 1.82) is 0 Å². The van der Waals surface area contributed by atoms with Crippen molar-refractivity contribution < 1.29 is 43.5 Å². The molecule has 2 aromatic carbocycles. The normalized spacial score (nSPS) is 13.7. The number of nitrogens with zero attached hydrogens (tertiary/aromatic N) is 2. The molecule has 1 aliphatic heterocycles. The van der Waals surface area contributed by atoms with Crippen LogP contribution in [0.2, 0.25) is 0 Å². The SMILES string of the molecule is COc1ccc(CN2CCN(CCOCCOc3ccccc3)CC2)c(OC)c1OC.O=C(O)C(=O)O. The van der Waals surface area contributed by atoms with Crippen LogP contribution in [0.5, 0.6) is 23.0 Å². The Labute approximate surface area is 217 Å². The third-order valence-electron chi connectivity index (χ3n) is 5.62. The van der Waals surface area contributed by atoms with Crippen LogP contribution in [0.4, 0.5) is 0 Å². The number of rotatable bonds is 12. The monoisotopic (exact) mass is 520 g/mol. The molecule has 37 heavy (non-hydrogen) atoms. The van der Waals surface area contributed by atoms with Crippen molar-refractivity contribution in [3.05, 3.63) is 48.0 Å². The van der Waals surface area contributed by atoms with E-state index in [0.717, 1.165) is 62.9 Å². The van der Waals surface area contributed by atoms with Gasteiger partial charge in [-0.3, -0.25) is 9.80 Å². The standard InChI is InChI=1S/C24H34N2O5.C2H2O4/c1-27-22-10-9-20(23(28-2)24(22)29-3)19-26-13-11-25(12-14-26)15-16-30-17-18-31-21-7-5-4-6-8-21;3-1(4)2(5)6/h4-10H,11-19H2,1-3H3;(H,3,4)(H,5,6). The lowest BCUT2D eigenvalue weighted by atomic mass is 10.1. The number of ether oxygens (including phenoxy) is 5. The Bertz CT molecular complexity index is 952. The van der Waals surface area contributed by atoms with Crippen LogP contribution in [-0.2, 0) is 20.9 Å². The molecule has 11 nitrogen and oxygen atoms in total. The Balaban J connectivity index is 0.000000717. The van der Waals surface area contributed by atoms with Gasteiger partial charge in [0.2, 0.25) is 5.75 Å². The second kappa shape index (κ2) is 16.3. The number of carboxylic acid groups (broad SMARTS) is 2. The van der Waals surface area contributed by atoms with Gasteiger partial charge < -0.3 is 33.9 Å². The van der Waals surface area contributed by atoms with Crippen molar-refractivity contribution in [2.75, 3.05) is 73.9 Å². The topological polar surface area (TPSA) is 127 Å². The minimum absolute atomic E-state index is 0.574. The Hall–Kier alpha value is -3.54. The molecule has 1 fully saturated rings. The summed E-state index contributed by atoms with van der Waals surface area (Å²) in [5.74, 6) is -0.689. The lowest BCUT2D eigenvalue weighted by Gasteiger charge is -2.35. The molecule has 2 N–H and O–H groups in total. The van der Waals surface area contributed by atoms with Crippen LogP contribution < -0.4 is 18.9 Å².